The third-order valence-electron chi connectivity index (χ3n) is 3.78. The summed E-state index contributed by atoms with van der Waals surface area (Å²) in [4.78, 5) is 21.7. The first-order valence-corrected chi connectivity index (χ1v) is 7.78. The van der Waals surface area contributed by atoms with Crippen LogP contribution < -0.4 is 16.4 Å². The zero-order chi connectivity index (χ0) is 19.9. The molecular formula is C15H23F3N6O2. The Morgan fingerprint density at radius 2 is 1.85 bits per heavy atom. The smallest absolute Gasteiger partial charge is 0.475 e. The Bertz CT molecular complexity index is 607. The van der Waals surface area contributed by atoms with E-state index >= 15 is 0 Å². The zero-order valence-corrected chi connectivity index (χ0v) is 14.6. The van der Waals surface area contributed by atoms with Crippen molar-refractivity contribution in [3.8, 4) is 0 Å². The maximum atomic E-state index is 10.6. The van der Waals surface area contributed by atoms with Gasteiger partial charge in [0.2, 0.25) is 0 Å². The summed E-state index contributed by atoms with van der Waals surface area (Å²) in [7, 11) is 4.29. The number of guanidine groups is 1. The third-order valence-corrected chi connectivity index (χ3v) is 3.78. The molecule has 1 aliphatic heterocycles. The molecule has 26 heavy (non-hydrogen) atoms. The summed E-state index contributed by atoms with van der Waals surface area (Å²) in [6.45, 7) is 2.12. The number of carbonyl (C=O) groups is 1. The van der Waals surface area contributed by atoms with Gasteiger partial charge in [-0.2, -0.15) is 18.2 Å². The molecule has 146 valence electrons. The van der Waals surface area contributed by atoms with Crippen LogP contribution in [0.5, 0.6) is 0 Å². The quantitative estimate of drug-likeness (QED) is 0.534. The van der Waals surface area contributed by atoms with E-state index < -0.39 is 12.1 Å². The molecule has 1 fully saturated rings. The third kappa shape index (κ3) is 7.13. The summed E-state index contributed by atoms with van der Waals surface area (Å²) in [6.07, 6.45) is -0.886. The van der Waals surface area contributed by atoms with Crippen LogP contribution in [0.2, 0.25) is 0 Å². The number of rotatable bonds is 3. The summed E-state index contributed by atoms with van der Waals surface area (Å²) < 4.78 is 31.7. The van der Waals surface area contributed by atoms with Crippen molar-refractivity contribution in [2.24, 2.45) is 16.5 Å². The van der Waals surface area contributed by atoms with Crippen molar-refractivity contribution in [3.63, 3.8) is 0 Å². The van der Waals surface area contributed by atoms with Crippen LogP contribution >= 0.6 is 0 Å². The number of anilines is 1. The normalized spacial score (nSPS) is 15.2. The van der Waals surface area contributed by atoms with Crippen LogP contribution in [-0.4, -0.2) is 66.3 Å². The highest BCUT2D eigenvalue weighted by Crippen LogP contribution is 2.22. The number of piperidine rings is 1. The molecule has 0 amide bonds. The largest absolute Gasteiger partial charge is 0.490 e. The number of carboxylic acids is 1. The highest BCUT2D eigenvalue weighted by molar-refractivity contribution is 5.78. The Morgan fingerprint density at radius 3 is 2.19 bits per heavy atom. The molecule has 0 spiro atoms. The van der Waals surface area contributed by atoms with E-state index in [0.717, 1.165) is 18.8 Å². The molecule has 1 aromatic heterocycles. The van der Waals surface area contributed by atoms with Crippen molar-refractivity contribution < 1.29 is 23.1 Å². The average Bonchev–Trinajstić information content (AvgIpc) is 2.55. The lowest BCUT2D eigenvalue weighted by Gasteiger charge is -2.36. The summed E-state index contributed by atoms with van der Waals surface area (Å²) in [5.41, 5.74) is 11.8. The van der Waals surface area contributed by atoms with E-state index in [1.54, 1.807) is 0 Å². The molecule has 0 saturated carbocycles. The second-order valence-electron chi connectivity index (χ2n) is 5.90. The molecular weight excluding hydrogens is 353 g/mol. The van der Waals surface area contributed by atoms with Crippen LogP contribution in [0.4, 0.5) is 24.7 Å². The fraction of sp³-hybridized carbons (Fsp3) is 0.533. The van der Waals surface area contributed by atoms with Gasteiger partial charge < -0.3 is 26.4 Å². The van der Waals surface area contributed by atoms with Gasteiger partial charge in [-0.15, -0.1) is 0 Å². The van der Waals surface area contributed by atoms with E-state index in [1.165, 1.54) is 12.8 Å². The molecule has 1 aromatic rings. The number of pyridine rings is 1. The number of carboxylic acid groups (broad SMARTS) is 1. The Hall–Kier alpha value is -2.56. The summed E-state index contributed by atoms with van der Waals surface area (Å²) >= 11 is 0. The molecule has 8 nitrogen and oxygen atoms in total. The number of nitrogens with zero attached hydrogens (tertiary/aromatic N) is 4. The molecule has 0 atom stereocenters. The monoisotopic (exact) mass is 376 g/mol. The molecule has 0 bridgehead atoms. The number of aliphatic imine (C=N–C) groups is 1. The molecule has 0 aromatic carbocycles. The van der Waals surface area contributed by atoms with Crippen molar-refractivity contribution in [2.75, 3.05) is 32.1 Å². The van der Waals surface area contributed by atoms with Gasteiger partial charge in [-0.3, -0.25) is 0 Å². The number of aromatic nitrogens is 1. The van der Waals surface area contributed by atoms with Gasteiger partial charge >= 0.3 is 12.1 Å². The van der Waals surface area contributed by atoms with Gasteiger partial charge in [0, 0.05) is 19.1 Å². The van der Waals surface area contributed by atoms with Crippen LogP contribution in [0.1, 0.15) is 12.8 Å². The van der Waals surface area contributed by atoms with E-state index in [4.69, 9.17) is 21.4 Å². The summed E-state index contributed by atoms with van der Waals surface area (Å²) in [6, 6.07) is 4.54. The van der Waals surface area contributed by atoms with Crippen LogP contribution in [0.15, 0.2) is 23.3 Å². The van der Waals surface area contributed by atoms with Gasteiger partial charge in [0.1, 0.15) is 0 Å². The second-order valence-corrected chi connectivity index (χ2v) is 5.90. The fourth-order valence-electron chi connectivity index (χ4n) is 2.40. The molecule has 0 radical (unpaired) electrons. The Kier molecular flexibility index (Phi) is 7.62. The van der Waals surface area contributed by atoms with Crippen LogP contribution in [0.3, 0.4) is 0 Å². The number of hydrogen-bond acceptors (Lipinski definition) is 5. The fourth-order valence-corrected chi connectivity index (χ4v) is 2.40. The molecule has 0 aliphatic carbocycles. The number of alkyl halides is 3. The standard InChI is InChI=1S/C13H22N6.C2HF3O2/c1-18(2)10-5-7-19(8-6-10)11-3-4-12(16-9-11)17-13(14)15;3-2(4,5)1(6)7/h3-4,9-10H,5-8H2,1-2H3,(H4,14,15,16,17);(H,6,7). The molecule has 1 aliphatic rings. The van der Waals surface area contributed by atoms with Crippen molar-refractivity contribution in [1.82, 2.24) is 9.88 Å². The van der Waals surface area contributed by atoms with Gasteiger partial charge in [0.05, 0.1) is 11.9 Å². The van der Waals surface area contributed by atoms with E-state index in [2.05, 4.69) is 33.9 Å². The molecule has 2 rings (SSSR count). The lowest BCUT2D eigenvalue weighted by atomic mass is 10.0. The number of hydrogen-bond donors (Lipinski definition) is 3. The Labute approximate surface area is 149 Å². The summed E-state index contributed by atoms with van der Waals surface area (Å²) in [5, 5.41) is 7.12. The minimum absolute atomic E-state index is 0.0343. The molecule has 11 heteroatoms. The highest BCUT2D eigenvalue weighted by atomic mass is 19.4. The first kappa shape index (κ1) is 21.5. The number of nitrogens with two attached hydrogens (primary N) is 2. The van der Waals surface area contributed by atoms with E-state index in [1.807, 2.05) is 18.3 Å². The maximum Gasteiger partial charge on any atom is 0.490 e. The Morgan fingerprint density at radius 1 is 1.31 bits per heavy atom. The van der Waals surface area contributed by atoms with Gasteiger partial charge in [-0.05, 0) is 39.1 Å². The lowest BCUT2D eigenvalue weighted by Crippen LogP contribution is -2.42. The lowest BCUT2D eigenvalue weighted by molar-refractivity contribution is -0.192. The molecule has 1 saturated heterocycles. The van der Waals surface area contributed by atoms with Crippen molar-refractivity contribution in [3.05, 3.63) is 18.3 Å². The van der Waals surface area contributed by atoms with E-state index in [0.29, 0.717) is 11.9 Å². The van der Waals surface area contributed by atoms with Crippen LogP contribution in [-0.2, 0) is 4.79 Å². The SMILES string of the molecule is CN(C)C1CCN(c2ccc(N=C(N)N)nc2)CC1.O=C(O)C(F)(F)F. The van der Waals surface area contributed by atoms with Gasteiger partial charge in [-0.25, -0.2) is 9.78 Å². The van der Waals surface area contributed by atoms with Crippen LogP contribution in [0, 0.1) is 0 Å². The van der Waals surface area contributed by atoms with Crippen molar-refractivity contribution in [1.29, 1.82) is 0 Å². The first-order valence-electron chi connectivity index (χ1n) is 7.78. The predicted molar refractivity (Wildman–Crippen MR) is 92.3 cm³/mol. The first-order chi connectivity index (χ1) is 12.0. The number of aliphatic carboxylic acids is 1. The zero-order valence-electron chi connectivity index (χ0n) is 14.6. The molecule has 2 heterocycles. The average molecular weight is 376 g/mol. The number of halogens is 3. The summed E-state index contributed by atoms with van der Waals surface area (Å²) in [5.74, 6) is -2.17. The molecule has 5 N–H and O–H groups in total. The van der Waals surface area contributed by atoms with Gasteiger partial charge in [0.15, 0.2) is 11.8 Å². The van der Waals surface area contributed by atoms with Gasteiger partial charge in [0.25, 0.3) is 0 Å². The van der Waals surface area contributed by atoms with E-state index in [9.17, 15) is 13.2 Å². The predicted octanol–water partition coefficient (Wildman–Crippen LogP) is 1.15. The second kappa shape index (κ2) is 9.22. The van der Waals surface area contributed by atoms with Crippen molar-refractivity contribution >= 4 is 23.4 Å². The Balaban J connectivity index is 0.000000412. The van der Waals surface area contributed by atoms with Crippen molar-refractivity contribution in [2.45, 2.75) is 25.1 Å². The van der Waals surface area contributed by atoms with E-state index in [-0.39, 0.29) is 5.96 Å². The molecule has 0 unspecified atom stereocenters. The highest BCUT2D eigenvalue weighted by Gasteiger charge is 2.38. The minimum Gasteiger partial charge on any atom is -0.475 e. The van der Waals surface area contributed by atoms with Gasteiger partial charge in [-0.1, -0.05) is 0 Å². The van der Waals surface area contributed by atoms with Crippen LogP contribution in [0.25, 0.3) is 0 Å². The maximum absolute atomic E-state index is 10.6. The minimum atomic E-state index is -5.08. The topological polar surface area (TPSA) is 121 Å².